The highest BCUT2D eigenvalue weighted by Crippen LogP contribution is 1.95. The van der Waals surface area contributed by atoms with Crippen molar-refractivity contribution in [3.8, 4) is 0 Å². The molecule has 57 valence electrons. The van der Waals surface area contributed by atoms with E-state index < -0.39 is 5.91 Å². The third-order valence-corrected chi connectivity index (χ3v) is 1.24. The van der Waals surface area contributed by atoms with E-state index in [1.165, 1.54) is 6.42 Å². The van der Waals surface area contributed by atoms with Crippen LogP contribution in [0.25, 0.3) is 0 Å². The molecule has 11 heavy (non-hydrogen) atoms. The van der Waals surface area contributed by atoms with Gasteiger partial charge in [0.05, 0.1) is 6.42 Å². The number of hydrogen-bond donors (Lipinski definition) is 1. The lowest BCUT2D eigenvalue weighted by Crippen LogP contribution is -2.12. The number of carbonyl (C=O) groups is 1. The van der Waals surface area contributed by atoms with Gasteiger partial charge in [-0.15, -0.1) is 0 Å². The third-order valence-electron chi connectivity index (χ3n) is 1.24. The Bertz CT molecular complexity index is 233. The molecule has 3 nitrogen and oxygen atoms in total. The molecule has 1 heterocycles. The van der Waals surface area contributed by atoms with Gasteiger partial charge in [-0.2, -0.15) is 0 Å². The van der Waals surface area contributed by atoms with Crippen LogP contribution in [0.3, 0.4) is 0 Å². The van der Waals surface area contributed by atoms with E-state index in [1.807, 2.05) is 18.2 Å². The lowest BCUT2D eigenvalue weighted by atomic mass is 10.2. The second-order valence-corrected chi connectivity index (χ2v) is 2.13. The summed E-state index contributed by atoms with van der Waals surface area (Å²) in [4.78, 5) is 14.3. The Labute approximate surface area is 65.2 Å². The lowest BCUT2D eigenvalue weighted by Gasteiger charge is -1.94. The fourth-order valence-electron chi connectivity index (χ4n) is 0.724. The maximum Gasteiger partial charge on any atom is 0.221 e. The van der Waals surface area contributed by atoms with Gasteiger partial charge in [-0.25, -0.2) is 0 Å². The Balaban J connectivity index is 2.45. The summed E-state index contributed by atoms with van der Waals surface area (Å²) in [6, 6.07) is 5.55. The monoisotopic (exact) mass is 149 g/mol. The zero-order chi connectivity index (χ0) is 8.10. The van der Waals surface area contributed by atoms with Gasteiger partial charge in [-0.05, 0) is 12.1 Å². The standard InChI is InChI=1S/C8H9N2O/c9-8(11)5-4-7-3-1-2-6-10-7/h1-3,5-6H,4H2,(H2,9,11). The summed E-state index contributed by atoms with van der Waals surface area (Å²) < 4.78 is 0. The largest absolute Gasteiger partial charge is 0.369 e. The zero-order valence-electron chi connectivity index (χ0n) is 6.03. The van der Waals surface area contributed by atoms with E-state index in [0.717, 1.165) is 5.69 Å². The molecule has 2 N–H and O–H groups in total. The van der Waals surface area contributed by atoms with E-state index in [4.69, 9.17) is 5.73 Å². The molecule has 0 saturated heterocycles. The van der Waals surface area contributed by atoms with Crippen molar-refractivity contribution in [2.45, 2.75) is 6.42 Å². The number of aromatic nitrogens is 1. The smallest absolute Gasteiger partial charge is 0.221 e. The van der Waals surface area contributed by atoms with Crippen LogP contribution in [0.2, 0.25) is 0 Å². The third kappa shape index (κ3) is 2.80. The van der Waals surface area contributed by atoms with Crippen LogP contribution in [0.1, 0.15) is 5.69 Å². The zero-order valence-corrected chi connectivity index (χ0v) is 6.03. The summed E-state index contributed by atoms with van der Waals surface area (Å²) in [7, 11) is 0. The molecular weight excluding hydrogens is 140 g/mol. The van der Waals surface area contributed by atoms with Crippen LogP contribution in [0.4, 0.5) is 0 Å². The van der Waals surface area contributed by atoms with Crippen LogP contribution in [-0.4, -0.2) is 10.9 Å². The molecule has 1 aromatic rings. The van der Waals surface area contributed by atoms with Crippen molar-refractivity contribution in [3.63, 3.8) is 0 Å². The van der Waals surface area contributed by atoms with E-state index in [2.05, 4.69) is 4.98 Å². The van der Waals surface area contributed by atoms with Crippen LogP contribution in [0.5, 0.6) is 0 Å². The number of amides is 1. The molecule has 1 amide bonds. The van der Waals surface area contributed by atoms with E-state index in [9.17, 15) is 4.79 Å². The van der Waals surface area contributed by atoms with Crippen molar-refractivity contribution in [2.75, 3.05) is 0 Å². The molecule has 1 aromatic heterocycles. The molecule has 1 rings (SSSR count). The first-order valence-corrected chi connectivity index (χ1v) is 3.31. The van der Waals surface area contributed by atoms with E-state index in [1.54, 1.807) is 6.20 Å². The molecular formula is C8H9N2O. The fourth-order valence-corrected chi connectivity index (χ4v) is 0.724. The molecule has 0 bridgehead atoms. The summed E-state index contributed by atoms with van der Waals surface area (Å²) in [5.41, 5.74) is 5.77. The van der Waals surface area contributed by atoms with Gasteiger partial charge in [-0.3, -0.25) is 9.78 Å². The predicted molar refractivity (Wildman–Crippen MR) is 41.4 cm³/mol. The van der Waals surface area contributed by atoms with Gasteiger partial charge in [0, 0.05) is 18.3 Å². The van der Waals surface area contributed by atoms with Gasteiger partial charge in [0.2, 0.25) is 5.91 Å². The van der Waals surface area contributed by atoms with Crippen molar-refractivity contribution >= 4 is 5.91 Å². The lowest BCUT2D eigenvalue weighted by molar-refractivity contribution is -0.115. The number of nitrogens with two attached hydrogens (primary N) is 1. The predicted octanol–water partition coefficient (Wildman–Crippen LogP) is 0.314. The number of carbonyl (C=O) groups excluding carboxylic acids is 1. The molecule has 0 aromatic carbocycles. The Kier molecular flexibility index (Phi) is 2.60. The van der Waals surface area contributed by atoms with Crippen LogP contribution < -0.4 is 5.73 Å². The highest BCUT2D eigenvalue weighted by atomic mass is 16.1. The van der Waals surface area contributed by atoms with Gasteiger partial charge in [0.15, 0.2) is 0 Å². The minimum absolute atomic E-state index is 0.407. The first-order chi connectivity index (χ1) is 5.29. The molecule has 0 unspecified atom stereocenters. The molecule has 0 aliphatic carbocycles. The second-order valence-electron chi connectivity index (χ2n) is 2.13. The van der Waals surface area contributed by atoms with Crippen molar-refractivity contribution in [2.24, 2.45) is 5.73 Å². The second kappa shape index (κ2) is 3.71. The van der Waals surface area contributed by atoms with Crippen molar-refractivity contribution < 1.29 is 4.79 Å². The van der Waals surface area contributed by atoms with Crippen LogP contribution >= 0.6 is 0 Å². The van der Waals surface area contributed by atoms with Crippen LogP contribution in [0.15, 0.2) is 24.4 Å². The van der Waals surface area contributed by atoms with E-state index in [0.29, 0.717) is 6.42 Å². The molecule has 0 atom stereocenters. The van der Waals surface area contributed by atoms with Crippen molar-refractivity contribution in [1.82, 2.24) is 4.98 Å². The van der Waals surface area contributed by atoms with Gasteiger partial charge in [0.25, 0.3) is 0 Å². The molecule has 1 radical (unpaired) electrons. The topological polar surface area (TPSA) is 56.0 Å². The summed E-state index contributed by atoms with van der Waals surface area (Å²) in [5.74, 6) is -0.407. The number of pyridine rings is 1. The van der Waals surface area contributed by atoms with Crippen LogP contribution in [-0.2, 0) is 11.2 Å². The minimum Gasteiger partial charge on any atom is -0.369 e. The maximum absolute atomic E-state index is 10.3. The Morgan fingerprint density at radius 2 is 2.45 bits per heavy atom. The highest BCUT2D eigenvalue weighted by molar-refractivity contribution is 5.83. The summed E-state index contributed by atoms with van der Waals surface area (Å²) >= 11 is 0. The van der Waals surface area contributed by atoms with Gasteiger partial charge in [0.1, 0.15) is 0 Å². The van der Waals surface area contributed by atoms with Crippen molar-refractivity contribution in [3.05, 3.63) is 36.5 Å². The molecule has 0 spiro atoms. The average Bonchev–Trinajstić information content (AvgIpc) is 2.03. The molecule has 0 saturated carbocycles. The van der Waals surface area contributed by atoms with Gasteiger partial charge in [-0.1, -0.05) is 6.07 Å². The van der Waals surface area contributed by atoms with Crippen molar-refractivity contribution in [1.29, 1.82) is 0 Å². The van der Waals surface area contributed by atoms with Crippen LogP contribution in [0, 0.1) is 6.42 Å². The first-order valence-electron chi connectivity index (χ1n) is 3.31. The molecule has 0 fully saturated rings. The Hall–Kier alpha value is -1.38. The summed E-state index contributed by atoms with van der Waals surface area (Å²) in [5, 5.41) is 0. The summed E-state index contributed by atoms with van der Waals surface area (Å²) in [6.07, 6.45) is 3.60. The average molecular weight is 149 g/mol. The number of nitrogens with zero attached hydrogens (tertiary/aromatic N) is 1. The molecule has 3 heteroatoms. The normalized spacial score (nSPS) is 9.45. The SMILES string of the molecule is NC(=O)[CH]Cc1ccccn1. The number of primary amides is 1. The maximum atomic E-state index is 10.3. The highest BCUT2D eigenvalue weighted by Gasteiger charge is 1.96. The fraction of sp³-hybridized carbons (Fsp3) is 0.125. The minimum atomic E-state index is -0.407. The van der Waals surface area contributed by atoms with Gasteiger partial charge >= 0.3 is 0 Å². The summed E-state index contributed by atoms with van der Waals surface area (Å²) in [6.45, 7) is 0. The Morgan fingerprint density at radius 1 is 1.64 bits per heavy atom. The van der Waals surface area contributed by atoms with E-state index >= 15 is 0 Å². The molecule has 0 aliphatic heterocycles. The first kappa shape index (κ1) is 7.72. The van der Waals surface area contributed by atoms with E-state index in [-0.39, 0.29) is 0 Å². The number of rotatable bonds is 3. The number of hydrogen-bond acceptors (Lipinski definition) is 2. The Morgan fingerprint density at radius 3 is 3.00 bits per heavy atom. The quantitative estimate of drug-likeness (QED) is 0.672. The van der Waals surface area contributed by atoms with Gasteiger partial charge < -0.3 is 5.73 Å². The molecule has 0 aliphatic rings.